The minimum absolute atomic E-state index is 0.142. The minimum atomic E-state index is -0.142. The second-order valence-electron chi connectivity index (χ2n) is 6.28. The van der Waals surface area contributed by atoms with Crippen LogP contribution in [0.4, 0.5) is 4.39 Å². The Morgan fingerprint density at radius 1 is 1.05 bits per heavy atom. The molecule has 0 aliphatic carbocycles. The number of hydrogen-bond donors (Lipinski definition) is 0. The fourth-order valence-corrected chi connectivity index (χ4v) is 3.08. The Bertz CT molecular complexity index is 646. The predicted molar refractivity (Wildman–Crippen MR) is 90.3 cm³/mol. The van der Waals surface area contributed by atoms with Crippen LogP contribution < -0.4 is 4.74 Å². The first-order chi connectivity index (χ1) is 10.4. The van der Waals surface area contributed by atoms with Crippen LogP contribution in [0, 0.1) is 12.7 Å². The molecule has 0 fully saturated rings. The Hall–Kier alpha value is -1.83. The van der Waals surface area contributed by atoms with E-state index in [4.69, 9.17) is 4.74 Å². The summed E-state index contributed by atoms with van der Waals surface area (Å²) in [6.07, 6.45) is 0.809. The van der Waals surface area contributed by atoms with E-state index in [9.17, 15) is 4.39 Å². The highest BCUT2D eigenvalue weighted by molar-refractivity contribution is 5.40. The maximum absolute atomic E-state index is 13.9. The molecule has 0 bridgehead atoms. The van der Waals surface area contributed by atoms with Crippen LogP contribution in [-0.4, -0.2) is 7.11 Å². The van der Waals surface area contributed by atoms with Crippen molar-refractivity contribution in [3.63, 3.8) is 0 Å². The molecule has 0 spiro atoms. The number of halogens is 1. The van der Waals surface area contributed by atoms with Crippen molar-refractivity contribution in [3.8, 4) is 5.75 Å². The van der Waals surface area contributed by atoms with Crippen LogP contribution in [0.1, 0.15) is 54.9 Å². The van der Waals surface area contributed by atoms with Crippen molar-refractivity contribution >= 4 is 0 Å². The molecule has 0 saturated carbocycles. The zero-order valence-electron chi connectivity index (χ0n) is 14.1. The summed E-state index contributed by atoms with van der Waals surface area (Å²) in [6.45, 7) is 8.47. The first-order valence-corrected chi connectivity index (χ1v) is 7.85. The number of ether oxygens (including phenoxy) is 1. The quantitative estimate of drug-likeness (QED) is 0.697. The molecule has 0 saturated heterocycles. The van der Waals surface area contributed by atoms with Crippen LogP contribution in [0.15, 0.2) is 36.4 Å². The summed E-state index contributed by atoms with van der Waals surface area (Å²) in [4.78, 5) is 0. The molecule has 0 heterocycles. The van der Waals surface area contributed by atoms with Crippen LogP contribution in [0.3, 0.4) is 0 Å². The van der Waals surface area contributed by atoms with Gasteiger partial charge < -0.3 is 4.74 Å². The van der Waals surface area contributed by atoms with Gasteiger partial charge in [-0.25, -0.2) is 4.39 Å². The Kier molecular flexibility index (Phi) is 5.23. The third-order valence-electron chi connectivity index (χ3n) is 4.34. The Morgan fingerprint density at radius 3 is 2.36 bits per heavy atom. The number of para-hydroxylation sites is 1. The lowest BCUT2D eigenvalue weighted by atomic mass is 9.87. The summed E-state index contributed by atoms with van der Waals surface area (Å²) < 4.78 is 19.4. The number of methoxy groups -OCH3 is 1. The lowest BCUT2D eigenvalue weighted by Crippen LogP contribution is -2.05. The topological polar surface area (TPSA) is 9.23 Å². The van der Waals surface area contributed by atoms with Gasteiger partial charge in [-0.1, -0.05) is 39.0 Å². The van der Waals surface area contributed by atoms with Crippen molar-refractivity contribution in [1.29, 1.82) is 0 Å². The molecule has 1 unspecified atom stereocenters. The van der Waals surface area contributed by atoms with Gasteiger partial charge in [-0.3, -0.25) is 0 Å². The Morgan fingerprint density at radius 2 is 1.73 bits per heavy atom. The number of benzene rings is 2. The van der Waals surface area contributed by atoms with E-state index in [0.29, 0.717) is 5.92 Å². The maximum Gasteiger partial charge on any atom is 0.123 e. The molecule has 2 aromatic carbocycles. The van der Waals surface area contributed by atoms with Gasteiger partial charge in [0.2, 0.25) is 0 Å². The van der Waals surface area contributed by atoms with Gasteiger partial charge in [-0.15, -0.1) is 0 Å². The summed E-state index contributed by atoms with van der Waals surface area (Å²) in [6, 6.07) is 11.4. The van der Waals surface area contributed by atoms with E-state index in [2.05, 4.69) is 33.8 Å². The second kappa shape index (κ2) is 6.95. The van der Waals surface area contributed by atoms with E-state index in [1.54, 1.807) is 19.2 Å². The number of rotatable bonds is 5. The van der Waals surface area contributed by atoms with Crippen molar-refractivity contribution in [2.24, 2.45) is 0 Å². The fourth-order valence-electron chi connectivity index (χ4n) is 3.08. The van der Waals surface area contributed by atoms with E-state index < -0.39 is 0 Å². The molecule has 0 aromatic heterocycles. The average molecular weight is 300 g/mol. The first-order valence-electron chi connectivity index (χ1n) is 7.85. The van der Waals surface area contributed by atoms with Gasteiger partial charge in [0.15, 0.2) is 0 Å². The molecule has 2 rings (SSSR count). The monoisotopic (exact) mass is 300 g/mol. The second-order valence-corrected chi connectivity index (χ2v) is 6.28. The van der Waals surface area contributed by atoms with Gasteiger partial charge >= 0.3 is 0 Å². The molecule has 0 aliphatic rings. The molecule has 2 heteroatoms. The standard InChI is InChI=1S/C20H25FO/c1-13(2)19-12-17(21)11-16(15(19)4)10-14(3)18-8-6-7-9-20(18)22-5/h6-9,11-14H,10H2,1-5H3. The fraction of sp³-hybridized carbons (Fsp3) is 0.400. The Balaban J connectivity index is 2.34. The lowest BCUT2D eigenvalue weighted by molar-refractivity contribution is 0.406. The van der Waals surface area contributed by atoms with Gasteiger partial charge in [0, 0.05) is 0 Å². The predicted octanol–water partition coefficient (Wildman–Crippen LogP) is 5.61. The molecule has 22 heavy (non-hydrogen) atoms. The normalized spacial score (nSPS) is 12.5. The number of hydrogen-bond acceptors (Lipinski definition) is 1. The molecule has 2 aromatic rings. The third-order valence-corrected chi connectivity index (χ3v) is 4.34. The van der Waals surface area contributed by atoms with Crippen molar-refractivity contribution in [1.82, 2.24) is 0 Å². The summed E-state index contributed by atoms with van der Waals surface area (Å²) in [5.74, 6) is 1.36. The average Bonchev–Trinajstić information content (AvgIpc) is 2.50. The van der Waals surface area contributed by atoms with Crippen molar-refractivity contribution in [3.05, 3.63) is 64.5 Å². The van der Waals surface area contributed by atoms with Crippen molar-refractivity contribution in [2.75, 3.05) is 7.11 Å². The minimum Gasteiger partial charge on any atom is -0.496 e. The highest BCUT2D eigenvalue weighted by atomic mass is 19.1. The first kappa shape index (κ1) is 16.5. The molecule has 0 radical (unpaired) electrons. The Labute approximate surface area is 133 Å². The van der Waals surface area contributed by atoms with E-state index in [1.165, 1.54) is 11.1 Å². The molecule has 0 aliphatic heterocycles. The summed E-state index contributed by atoms with van der Waals surface area (Å²) in [5, 5.41) is 0. The zero-order valence-corrected chi connectivity index (χ0v) is 14.1. The summed E-state index contributed by atoms with van der Waals surface area (Å²) in [7, 11) is 1.69. The van der Waals surface area contributed by atoms with Gasteiger partial charge in [-0.2, -0.15) is 0 Å². The van der Waals surface area contributed by atoms with Gasteiger partial charge in [0.05, 0.1) is 7.11 Å². The largest absolute Gasteiger partial charge is 0.496 e. The van der Waals surface area contributed by atoms with Crippen LogP contribution >= 0.6 is 0 Å². The van der Waals surface area contributed by atoms with Gasteiger partial charge in [-0.05, 0) is 65.6 Å². The van der Waals surface area contributed by atoms with Crippen LogP contribution in [0.5, 0.6) is 5.75 Å². The molecular formula is C20H25FO. The van der Waals surface area contributed by atoms with Gasteiger partial charge in [0.1, 0.15) is 11.6 Å². The van der Waals surface area contributed by atoms with E-state index in [0.717, 1.165) is 23.3 Å². The summed E-state index contributed by atoms with van der Waals surface area (Å²) in [5.41, 5.74) is 4.56. The summed E-state index contributed by atoms with van der Waals surface area (Å²) >= 11 is 0. The molecule has 0 N–H and O–H groups in total. The SMILES string of the molecule is COc1ccccc1C(C)Cc1cc(F)cc(C(C)C)c1C. The molecule has 118 valence electrons. The van der Waals surface area contributed by atoms with Gasteiger partial charge in [0.25, 0.3) is 0 Å². The third kappa shape index (κ3) is 3.49. The molecular weight excluding hydrogens is 275 g/mol. The van der Waals surface area contributed by atoms with E-state index in [-0.39, 0.29) is 11.7 Å². The van der Waals surface area contributed by atoms with Crippen LogP contribution in [0.25, 0.3) is 0 Å². The molecule has 0 amide bonds. The molecule has 1 atom stereocenters. The highest BCUT2D eigenvalue weighted by Gasteiger charge is 2.16. The van der Waals surface area contributed by atoms with E-state index >= 15 is 0 Å². The van der Waals surface area contributed by atoms with Crippen LogP contribution in [0.2, 0.25) is 0 Å². The van der Waals surface area contributed by atoms with Crippen molar-refractivity contribution < 1.29 is 9.13 Å². The van der Waals surface area contributed by atoms with Crippen LogP contribution in [-0.2, 0) is 6.42 Å². The van der Waals surface area contributed by atoms with Crippen molar-refractivity contribution in [2.45, 2.75) is 46.0 Å². The lowest BCUT2D eigenvalue weighted by Gasteiger charge is -2.19. The highest BCUT2D eigenvalue weighted by Crippen LogP contribution is 2.31. The zero-order chi connectivity index (χ0) is 16.3. The smallest absolute Gasteiger partial charge is 0.123 e. The maximum atomic E-state index is 13.9. The molecule has 1 nitrogen and oxygen atoms in total. The van der Waals surface area contributed by atoms with E-state index in [1.807, 2.05) is 18.2 Å².